The molecule has 0 fully saturated rings. The zero-order valence-electron chi connectivity index (χ0n) is 50.6. The third-order valence-corrected chi connectivity index (χ3v) is 16.1. The van der Waals surface area contributed by atoms with E-state index in [9.17, 15) is 25.2 Å². The van der Waals surface area contributed by atoms with Crippen LogP contribution >= 0.6 is 0 Å². The van der Waals surface area contributed by atoms with Crippen LogP contribution in [0.2, 0.25) is 0 Å². The molecule has 444 valence electrons. The molecule has 0 aromatic heterocycles. The highest BCUT2D eigenvalue weighted by Gasteiger charge is 2.28. The van der Waals surface area contributed by atoms with Crippen molar-refractivity contribution in [1.82, 2.24) is 5.32 Å². The maximum absolute atomic E-state index is 12.6. The van der Waals surface area contributed by atoms with Crippen LogP contribution in [0.1, 0.15) is 367 Å². The van der Waals surface area contributed by atoms with Crippen molar-refractivity contribution < 1.29 is 25.2 Å². The molecule has 4 atom stereocenters. The SMILES string of the molecule is CCCCCCCCCCCCCC/C=C\CCCCCCCCCCCCCC(O)C(=O)NC(CO)C(O)C(O)CCC/C=C/CC/C=C/CCCCCCCCCCCCCCCCCCCCCCCCC. The monoisotopic (exact) mass is 1060 g/mol. The predicted molar refractivity (Wildman–Crippen MR) is 330 cm³/mol. The van der Waals surface area contributed by atoms with Gasteiger partial charge in [0.05, 0.1) is 18.8 Å². The van der Waals surface area contributed by atoms with E-state index in [4.69, 9.17) is 0 Å². The minimum atomic E-state index is -1.29. The van der Waals surface area contributed by atoms with Gasteiger partial charge >= 0.3 is 0 Å². The summed E-state index contributed by atoms with van der Waals surface area (Å²) >= 11 is 0. The van der Waals surface area contributed by atoms with E-state index < -0.39 is 36.9 Å². The summed E-state index contributed by atoms with van der Waals surface area (Å²) in [6, 6.07) is -1.01. The molecule has 0 saturated carbocycles. The van der Waals surface area contributed by atoms with Crippen molar-refractivity contribution in [2.45, 2.75) is 391 Å². The van der Waals surface area contributed by atoms with E-state index in [0.717, 1.165) is 38.5 Å². The van der Waals surface area contributed by atoms with E-state index in [0.29, 0.717) is 19.3 Å². The lowest BCUT2D eigenvalue weighted by molar-refractivity contribution is -0.132. The van der Waals surface area contributed by atoms with Gasteiger partial charge in [0, 0.05) is 0 Å². The highest BCUT2D eigenvalue weighted by Crippen LogP contribution is 2.19. The number of nitrogens with one attached hydrogen (secondary N) is 1. The molecule has 5 N–H and O–H groups in total. The van der Waals surface area contributed by atoms with Crippen molar-refractivity contribution in [2.75, 3.05) is 6.61 Å². The van der Waals surface area contributed by atoms with Crippen molar-refractivity contribution in [3.05, 3.63) is 36.5 Å². The average Bonchev–Trinajstić information content (AvgIpc) is 3.42. The Labute approximate surface area is 468 Å². The van der Waals surface area contributed by atoms with Crippen molar-refractivity contribution >= 4 is 5.91 Å². The zero-order valence-corrected chi connectivity index (χ0v) is 50.6. The van der Waals surface area contributed by atoms with Crippen LogP contribution in [0.25, 0.3) is 0 Å². The van der Waals surface area contributed by atoms with E-state index in [1.165, 1.54) is 295 Å². The highest BCUT2D eigenvalue weighted by atomic mass is 16.3. The van der Waals surface area contributed by atoms with Crippen LogP contribution in [0, 0.1) is 0 Å². The van der Waals surface area contributed by atoms with Gasteiger partial charge in [-0.2, -0.15) is 0 Å². The molecule has 0 aliphatic carbocycles. The number of carbonyl (C=O) groups is 1. The second-order valence-corrected chi connectivity index (χ2v) is 23.5. The number of amides is 1. The van der Waals surface area contributed by atoms with Crippen LogP contribution in [0.15, 0.2) is 36.5 Å². The fourth-order valence-corrected chi connectivity index (χ4v) is 10.8. The molecular weight excluding hydrogens is 923 g/mol. The predicted octanol–water partition coefficient (Wildman–Crippen LogP) is 20.7. The van der Waals surface area contributed by atoms with Gasteiger partial charge in [0.1, 0.15) is 12.2 Å². The van der Waals surface area contributed by atoms with Gasteiger partial charge in [-0.3, -0.25) is 4.79 Å². The molecule has 0 heterocycles. The van der Waals surface area contributed by atoms with Crippen molar-refractivity contribution in [3.8, 4) is 0 Å². The molecule has 1 amide bonds. The molecule has 75 heavy (non-hydrogen) atoms. The number of carbonyl (C=O) groups excluding carboxylic acids is 1. The van der Waals surface area contributed by atoms with Gasteiger partial charge in [-0.15, -0.1) is 0 Å². The smallest absolute Gasteiger partial charge is 0.249 e. The molecule has 0 aliphatic heterocycles. The van der Waals surface area contributed by atoms with Crippen LogP contribution in [0.3, 0.4) is 0 Å². The maximum Gasteiger partial charge on any atom is 0.249 e. The van der Waals surface area contributed by atoms with Gasteiger partial charge in [-0.1, -0.05) is 326 Å². The first kappa shape index (κ1) is 73.5. The fourth-order valence-electron chi connectivity index (χ4n) is 10.8. The first-order valence-electron chi connectivity index (χ1n) is 33.9. The number of allylic oxidation sites excluding steroid dienone is 6. The molecule has 4 unspecified atom stereocenters. The number of aliphatic hydroxyl groups excluding tert-OH is 4. The Balaban J connectivity index is 3.61. The summed E-state index contributed by atoms with van der Waals surface area (Å²) in [6.45, 7) is 4.09. The van der Waals surface area contributed by atoms with Gasteiger partial charge in [-0.05, 0) is 77.0 Å². The second kappa shape index (κ2) is 63.4. The standard InChI is InChI=1S/C69H133NO5/c1-3-5-7-9-11-13-15-17-19-21-23-25-27-29-31-32-33-34-35-37-38-40-42-44-46-48-50-52-54-56-58-60-62-66(72)68(74)65(64-71)70-69(75)67(73)63-61-59-57-55-53-51-49-47-45-43-41-39-36-30-28-26-24-22-20-18-16-14-12-10-8-6-4-2/h30,36,46,48,54,56,65-68,71-74H,3-29,31-35,37-45,47,49-53,55,57-64H2,1-2H3,(H,70,75)/b36-30-,48-46+,56-54+. The molecule has 0 rings (SSSR count). The first-order chi connectivity index (χ1) is 37.0. The molecule has 0 spiro atoms. The second-order valence-electron chi connectivity index (χ2n) is 23.5. The fraction of sp³-hybridized carbons (Fsp3) is 0.899. The van der Waals surface area contributed by atoms with Crippen molar-refractivity contribution in [1.29, 1.82) is 0 Å². The van der Waals surface area contributed by atoms with Crippen LogP contribution in [0.5, 0.6) is 0 Å². The Morgan fingerprint density at radius 3 is 0.840 bits per heavy atom. The van der Waals surface area contributed by atoms with E-state index >= 15 is 0 Å². The topological polar surface area (TPSA) is 110 Å². The lowest BCUT2D eigenvalue weighted by Crippen LogP contribution is -2.53. The summed E-state index contributed by atoms with van der Waals surface area (Å²) in [5, 5.41) is 44.1. The van der Waals surface area contributed by atoms with Gasteiger partial charge in [0.15, 0.2) is 0 Å². The highest BCUT2D eigenvalue weighted by molar-refractivity contribution is 5.80. The minimum absolute atomic E-state index is 0.360. The molecular formula is C69H133NO5. The van der Waals surface area contributed by atoms with Gasteiger partial charge in [-0.25, -0.2) is 0 Å². The lowest BCUT2D eigenvalue weighted by atomic mass is 10.00. The van der Waals surface area contributed by atoms with Gasteiger partial charge < -0.3 is 25.7 Å². The first-order valence-corrected chi connectivity index (χ1v) is 33.9. The summed E-state index contributed by atoms with van der Waals surface area (Å²) < 4.78 is 0. The Kier molecular flexibility index (Phi) is 62.1. The van der Waals surface area contributed by atoms with Crippen LogP contribution in [0.4, 0.5) is 0 Å². The van der Waals surface area contributed by atoms with Gasteiger partial charge in [0.2, 0.25) is 5.91 Å². The van der Waals surface area contributed by atoms with E-state index in [1.54, 1.807) is 0 Å². The molecule has 6 nitrogen and oxygen atoms in total. The maximum atomic E-state index is 12.6. The zero-order chi connectivity index (χ0) is 54.4. The minimum Gasteiger partial charge on any atom is -0.394 e. The third kappa shape index (κ3) is 57.0. The van der Waals surface area contributed by atoms with E-state index in [-0.39, 0.29) is 0 Å². The summed E-state index contributed by atoms with van der Waals surface area (Å²) in [6.07, 6.45) is 81.2. The molecule has 0 radical (unpaired) electrons. The van der Waals surface area contributed by atoms with Crippen molar-refractivity contribution in [2.24, 2.45) is 0 Å². The Bertz CT molecular complexity index is 1190. The summed E-state index contributed by atoms with van der Waals surface area (Å²) in [5.74, 6) is -0.593. The number of unbranched alkanes of at least 4 members (excludes halogenated alkanes) is 48. The third-order valence-electron chi connectivity index (χ3n) is 16.1. The van der Waals surface area contributed by atoms with Crippen molar-refractivity contribution in [3.63, 3.8) is 0 Å². The Hall–Kier alpha value is -1.47. The molecule has 6 heteroatoms. The molecule has 0 aromatic rings. The van der Waals surface area contributed by atoms with Gasteiger partial charge in [0.25, 0.3) is 0 Å². The normalized spacial score (nSPS) is 13.7. The number of rotatable bonds is 63. The lowest BCUT2D eigenvalue weighted by Gasteiger charge is -2.27. The van der Waals surface area contributed by atoms with E-state index in [1.807, 2.05) is 0 Å². The summed E-state index contributed by atoms with van der Waals surface area (Å²) in [5.41, 5.74) is 0. The number of hydrogen-bond acceptors (Lipinski definition) is 5. The number of hydrogen-bond donors (Lipinski definition) is 5. The van der Waals surface area contributed by atoms with Crippen LogP contribution < -0.4 is 5.32 Å². The number of aliphatic hydroxyl groups is 4. The molecule has 0 bridgehead atoms. The van der Waals surface area contributed by atoms with E-state index in [2.05, 4.69) is 55.6 Å². The quantitative estimate of drug-likeness (QED) is 0.0308. The van der Waals surface area contributed by atoms with Crippen LogP contribution in [-0.2, 0) is 4.79 Å². The van der Waals surface area contributed by atoms with Crippen LogP contribution in [-0.4, -0.2) is 57.3 Å². The Morgan fingerprint density at radius 1 is 0.320 bits per heavy atom. The summed E-state index contributed by atoms with van der Waals surface area (Å²) in [7, 11) is 0. The largest absolute Gasteiger partial charge is 0.394 e. The summed E-state index contributed by atoms with van der Waals surface area (Å²) in [4.78, 5) is 12.6. The molecule has 0 aromatic carbocycles. The molecule has 0 aliphatic rings. The Morgan fingerprint density at radius 2 is 0.560 bits per heavy atom. The average molecular weight is 1060 g/mol. The molecule has 0 saturated heterocycles.